The van der Waals surface area contributed by atoms with Crippen molar-refractivity contribution in [2.75, 3.05) is 19.8 Å². The van der Waals surface area contributed by atoms with Gasteiger partial charge in [-0.1, -0.05) is 61.2 Å². The zero-order valence-corrected chi connectivity index (χ0v) is 12.2. The van der Waals surface area contributed by atoms with Gasteiger partial charge in [-0.05, 0) is 11.6 Å². The lowest BCUT2D eigenvalue weighted by Crippen LogP contribution is -2.13. The minimum absolute atomic E-state index is 0.124. The van der Waals surface area contributed by atoms with Gasteiger partial charge in [0.15, 0.2) is 0 Å². The molecule has 0 saturated heterocycles. The third-order valence-corrected chi connectivity index (χ3v) is 2.85. The Kier molecular flexibility index (Phi) is 6.05. The van der Waals surface area contributed by atoms with Gasteiger partial charge < -0.3 is 14.2 Å². The molecule has 0 unspecified atom stereocenters. The Labute approximate surface area is 129 Å². The van der Waals surface area contributed by atoms with E-state index in [2.05, 4.69) is 6.58 Å². The number of benzene rings is 2. The van der Waals surface area contributed by atoms with Gasteiger partial charge >= 0.3 is 6.16 Å². The van der Waals surface area contributed by atoms with E-state index in [1.165, 1.54) is 6.08 Å². The summed E-state index contributed by atoms with van der Waals surface area (Å²) in [5.74, 6) is 0.747. The summed E-state index contributed by atoms with van der Waals surface area (Å²) < 4.78 is 15.3. The van der Waals surface area contributed by atoms with Crippen molar-refractivity contribution in [1.29, 1.82) is 0 Å². The van der Waals surface area contributed by atoms with E-state index in [-0.39, 0.29) is 19.8 Å². The van der Waals surface area contributed by atoms with Crippen molar-refractivity contribution in [3.05, 3.63) is 67.3 Å². The predicted molar refractivity (Wildman–Crippen MR) is 84.9 cm³/mol. The van der Waals surface area contributed by atoms with E-state index in [0.717, 1.165) is 16.9 Å². The molecular weight excluding hydrogens is 280 g/mol. The van der Waals surface area contributed by atoms with Gasteiger partial charge in [0.05, 0.1) is 0 Å². The lowest BCUT2D eigenvalue weighted by molar-refractivity contribution is 0.0533. The van der Waals surface area contributed by atoms with Gasteiger partial charge in [0.2, 0.25) is 0 Å². The van der Waals surface area contributed by atoms with E-state index in [9.17, 15) is 4.79 Å². The first-order chi connectivity index (χ1) is 10.8. The van der Waals surface area contributed by atoms with Crippen LogP contribution in [0.25, 0.3) is 11.1 Å². The molecule has 0 N–H and O–H groups in total. The van der Waals surface area contributed by atoms with Gasteiger partial charge in [-0.3, -0.25) is 0 Å². The van der Waals surface area contributed by atoms with Crippen LogP contribution in [-0.2, 0) is 9.47 Å². The average Bonchev–Trinajstić information content (AvgIpc) is 2.58. The lowest BCUT2D eigenvalue weighted by atomic mass is 10.1. The highest BCUT2D eigenvalue weighted by atomic mass is 16.7. The molecule has 0 fully saturated rings. The molecule has 0 aliphatic carbocycles. The normalized spacial score (nSPS) is 9.82. The molecule has 0 heterocycles. The van der Waals surface area contributed by atoms with Crippen molar-refractivity contribution in [2.45, 2.75) is 0 Å². The summed E-state index contributed by atoms with van der Waals surface area (Å²) in [4.78, 5) is 11.2. The van der Waals surface area contributed by atoms with Crippen LogP contribution in [0.5, 0.6) is 5.75 Å². The molecule has 0 radical (unpaired) electrons. The van der Waals surface area contributed by atoms with Gasteiger partial charge in [-0.15, -0.1) is 0 Å². The van der Waals surface area contributed by atoms with Gasteiger partial charge in [0.25, 0.3) is 0 Å². The summed E-state index contributed by atoms with van der Waals surface area (Å²) >= 11 is 0. The second kappa shape index (κ2) is 8.52. The Bertz CT molecular complexity index is 607. The van der Waals surface area contributed by atoms with Crippen LogP contribution in [0.4, 0.5) is 4.79 Å². The van der Waals surface area contributed by atoms with Gasteiger partial charge in [-0.25, -0.2) is 4.79 Å². The molecule has 0 bridgehead atoms. The van der Waals surface area contributed by atoms with E-state index in [4.69, 9.17) is 14.2 Å². The Morgan fingerprint density at radius 2 is 1.68 bits per heavy atom. The summed E-state index contributed by atoms with van der Waals surface area (Å²) in [6.07, 6.45) is 0.758. The Morgan fingerprint density at radius 1 is 0.955 bits per heavy atom. The van der Waals surface area contributed by atoms with Crippen molar-refractivity contribution in [2.24, 2.45) is 0 Å². The molecule has 4 nitrogen and oxygen atoms in total. The van der Waals surface area contributed by atoms with Crippen LogP contribution in [0.15, 0.2) is 67.3 Å². The molecule has 0 aromatic heterocycles. The molecule has 2 rings (SSSR count). The lowest BCUT2D eigenvalue weighted by Gasteiger charge is -2.11. The summed E-state index contributed by atoms with van der Waals surface area (Å²) in [6.45, 7) is 3.97. The average molecular weight is 298 g/mol. The molecule has 0 aliphatic rings. The summed E-state index contributed by atoms with van der Waals surface area (Å²) in [6, 6.07) is 17.7. The zero-order chi connectivity index (χ0) is 15.6. The van der Waals surface area contributed by atoms with Crippen molar-refractivity contribution in [3.63, 3.8) is 0 Å². The van der Waals surface area contributed by atoms with Crippen LogP contribution in [0, 0.1) is 0 Å². The van der Waals surface area contributed by atoms with E-state index in [1.807, 2.05) is 54.6 Å². The third-order valence-electron chi connectivity index (χ3n) is 2.85. The zero-order valence-electron chi connectivity index (χ0n) is 12.2. The molecule has 2 aromatic carbocycles. The van der Waals surface area contributed by atoms with Crippen molar-refractivity contribution >= 4 is 6.16 Å². The highest BCUT2D eigenvalue weighted by Gasteiger charge is 2.06. The highest BCUT2D eigenvalue weighted by molar-refractivity contribution is 5.70. The van der Waals surface area contributed by atoms with E-state index in [0.29, 0.717) is 0 Å². The molecule has 0 amide bonds. The molecule has 4 heteroatoms. The van der Waals surface area contributed by atoms with Crippen LogP contribution >= 0.6 is 0 Å². The number of carbonyl (C=O) groups excluding carboxylic acids is 1. The Balaban J connectivity index is 1.89. The van der Waals surface area contributed by atoms with Crippen LogP contribution < -0.4 is 4.74 Å². The van der Waals surface area contributed by atoms with Gasteiger partial charge in [-0.2, -0.15) is 0 Å². The summed E-state index contributed by atoms with van der Waals surface area (Å²) in [5, 5.41) is 0. The summed E-state index contributed by atoms with van der Waals surface area (Å²) in [5.41, 5.74) is 2.07. The third kappa shape index (κ3) is 4.66. The van der Waals surface area contributed by atoms with Gasteiger partial charge in [0, 0.05) is 5.56 Å². The minimum atomic E-state index is -0.722. The van der Waals surface area contributed by atoms with Gasteiger partial charge in [0.1, 0.15) is 25.6 Å². The smallest absolute Gasteiger partial charge is 0.489 e. The fourth-order valence-electron chi connectivity index (χ4n) is 1.89. The first kappa shape index (κ1) is 15.6. The molecule has 22 heavy (non-hydrogen) atoms. The molecule has 0 aliphatic heterocycles. The summed E-state index contributed by atoms with van der Waals surface area (Å²) in [7, 11) is 0. The molecule has 0 atom stereocenters. The first-order valence-electron chi connectivity index (χ1n) is 6.99. The largest absolute Gasteiger partial charge is 0.508 e. The highest BCUT2D eigenvalue weighted by Crippen LogP contribution is 2.29. The SMILES string of the molecule is C=CCOC(=O)OCCOc1ccccc1-c1ccccc1. The second-order valence-electron chi connectivity index (χ2n) is 4.41. The molecule has 114 valence electrons. The molecule has 0 spiro atoms. The fraction of sp³-hybridized carbons (Fsp3) is 0.167. The molecule has 2 aromatic rings. The maximum Gasteiger partial charge on any atom is 0.508 e. The Morgan fingerprint density at radius 3 is 2.45 bits per heavy atom. The van der Waals surface area contributed by atoms with E-state index >= 15 is 0 Å². The van der Waals surface area contributed by atoms with Crippen LogP contribution in [0.1, 0.15) is 0 Å². The van der Waals surface area contributed by atoms with Crippen LogP contribution in [0.3, 0.4) is 0 Å². The van der Waals surface area contributed by atoms with Crippen molar-refractivity contribution in [3.8, 4) is 16.9 Å². The standard InChI is InChI=1S/C18H18O4/c1-2-12-21-18(19)22-14-13-20-17-11-7-6-10-16(17)15-8-4-3-5-9-15/h2-11H,1,12-14H2. The number of para-hydroxylation sites is 1. The quantitative estimate of drug-likeness (QED) is 0.439. The Hall–Kier alpha value is -2.75. The van der Waals surface area contributed by atoms with Crippen molar-refractivity contribution in [1.82, 2.24) is 0 Å². The van der Waals surface area contributed by atoms with Crippen molar-refractivity contribution < 1.29 is 19.0 Å². The molecular formula is C18H18O4. The number of carbonyl (C=O) groups is 1. The maximum atomic E-state index is 11.2. The number of ether oxygens (including phenoxy) is 3. The monoisotopic (exact) mass is 298 g/mol. The van der Waals surface area contributed by atoms with Crippen LogP contribution in [0.2, 0.25) is 0 Å². The van der Waals surface area contributed by atoms with E-state index in [1.54, 1.807) is 0 Å². The minimum Gasteiger partial charge on any atom is -0.489 e. The maximum absolute atomic E-state index is 11.2. The second-order valence-corrected chi connectivity index (χ2v) is 4.41. The first-order valence-corrected chi connectivity index (χ1v) is 6.99. The number of rotatable bonds is 7. The fourth-order valence-corrected chi connectivity index (χ4v) is 1.89. The van der Waals surface area contributed by atoms with E-state index < -0.39 is 6.16 Å². The van der Waals surface area contributed by atoms with Crippen LogP contribution in [-0.4, -0.2) is 26.0 Å². The molecule has 0 saturated carbocycles. The predicted octanol–water partition coefficient (Wildman–Crippen LogP) is 4.07. The topological polar surface area (TPSA) is 44.8 Å². The number of hydrogen-bond acceptors (Lipinski definition) is 4. The number of hydrogen-bond donors (Lipinski definition) is 0.